The van der Waals surface area contributed by atoms with E-state index in [0.29, 0.717) is 12.0 Å². The van der Waals surface area contributed by atoms with Crippen molar-refractivity contribution in [1.29, 1.82) is 0 Å². The lowest BCUT2D eigenvalue weighted by atomic mass is 9.81. The second-order valence-electron chi connectivity index (χ2n) is 3.85. The average Bonchev–Trinajstić information content (AvgIpc) is 2.44. The average molecular weight is 211 g/mol. The first-order valence-electron chi connectivity index (χ1n) is 4.67. The van der Waals surface area contributed by atoms with Crippen LogP contribution in [0.3, 0.4) is 0 Å². The first-order chi connectivity index (χ1) is 6.91. The molecule has 82 valence electrons. The van der Waals surface area contributed by atoms with Gasteiger partial charge in [0.2, 0.25) is 0 Å². The van der Waals surface area contributed by atoms with Crippen molar-refractivity contribution in [3.63, 3.8) is 0 Å². The molecular weight excluding hydrogens is 197 g/mol. The van der Waals surface area contributed by atoms with Crippen molar-refractivity contribution in [2.24, 2.45) is 5.92 Å². The lowest BCUT2D eigenvalue weighted by Crippen LogP contribution is -2.32. The van der Waals surface area contributed by atoms with Crippen LogP contribution in [0, 0.1) is 5.92 Å². The number of allylic oxidation sites excluding steroid dienone is 1. The lowest BCUT2D eigenvalue weighted by molar-refractivity contribution is -0.143. The van der Waals surface area contributed by atoms with Crippen LogP contribution < -0.4 is 0 Å². The number of likely N-dealkylation sites (N-methyl/N-ethyl adjacent to an activating group) is 1. The van der Waals surface area contributed by atoms with Gasteiger partial charge in [-0.25, -0.2) is 0 Å². The molecule has 1 atom stereocenters. The summed E-state index contributed by atoms with van der Waals surface area (Å²) in [5, 5.41) is 9.24. The summed E-state index contributed by atoms with van der Waals surface area (Å²) >= 11 is 0. The highest BCUT2D eigenvalue weighted by Gasteiger charge is 2.37. The summed E-state index contributed by atoms with van der Waals surface area (Å²) in [6.45, 7) is 5.59. The van der Waals surface area contributed by atoms with Crippen LogP contribution in [0.25, 0.3) is 0 Å². The minimum absolute atomic E-state index is 0.170. The van der Waals surface area contributed by atoms with E-state index in [0.717, 1.165) is 0 Å². The quantitative estimate of drug-likeness (QED) is 0.491. The summed E-state index contributed by atoms with van der Waals surface area (Å²) < 4.78 is 4.68. The molecule has 0 aromatic carbocycles. The number of nitrogens with zero attached hydrogens (tertiary/aromatic N) is 1. The maximum Gasteiger partial charge on any atom is 0.556 e. The Morgan fingerprint density at radius 3 is 2.73 bits per heavy atom. The van der Waals surface area contributed by atoms with Gasteiger partial charge in [-0.3, -0.25) is 14.5 Å². The third-order valence-electron chi connectivity index (χ3n) is 2.24. The van der Waals surface area contributed by atoms with Crippen LogP contribution in [-0.2, 0) is 14.2 Å². The number of ketones is 1. The van der Waals surface area contributed by atoms with E-state index in [1.165, 1.54) is 0 Å². The van der Waals surface area contributed by atoms with Gasteiger partial charge in [0.05, 0.1) is 6.54 Å². The minimum atomic E-state index is -1.32. The summed E-state index contributed by atoms with van der Waals surface area (Å²) in [4.78, 5) is 24.5. The molecule has 0 amide bonds. The Balaban J connectivity index is 2.54. The van der Waals surface area contributed by atoms with Gasteiger partial charge in [0.1, 0.15) is 5.92 Å². The summed E-state index contributed by atoms with van der Waals surface area (Å²) in [5.41, 5.74) is 0.335. The van der Waals surface area contributed by atoms with Gasteiger partial charge in [0.25, 0.3) is 0 Å². The molecule has 1 rings (SSSR count). The zero-order chi connectivity index (χ0) is 11.6. The van der Waals surface area contributed by atoms with E-state index in [2.05, 4.69) is 11.2 Å². The van der Waals surface area contributed by atoms with Crippen molar-refractivity contribution < 1.29 is 19.3 Å². The molecule has 1 unspecified atom stereocenters. The van der Waals surface area contributed by atoms with Gasteiger partial charge in [0.15, 0.2) is 5.78 Å². The van der Waals surface area contributed by atoms with E-state index in [9.17, 15) is 14.6 Å². The van der Waals surface area contributed by atoms with E-state index in [-0.39, 0.29) is 12.3 Å². The normalized spacial score (nSPS) is 21.5. The Morgan fingerprint density at radius 1 is 1.73 bits per heavy atom. The van der Waals surface area contributed by atoms with Crippen molar-refractivity contribution in [3.8, 4) is 0 Å². The van der Waals surface area contributed by atoms with Crippen molar-refractivity contribution in [2.45, 2.75) is 6.92 Å². The molecule has 1 aliphatic rings. The SMILES string of the molecule is C=C(C)B(O)OC(=O)C1CN(C)CC1=O. The molecule has 1 aliphatic heterocycles. The minimum Gasteiger partial charge on any atom is -0.505 e. The molecule has 5 nitrogen and oxygen atoms in total. The van der Waals surface area contributed by atoms with E-state index < -0.39 is 19.0 Å². The van der Waals surface area contributed by atoms with Gasteiger partial charge in [-0.05, 0) is 19.4 Å². The Bertz CT molecular complexity index is 304. The number of hydrogen-bond acceptors (Lipinski definition) is 5. The van der Waals surface area contributed by atoms with Crippen LogP contribution >= 0.6 is 0 Å². The number of rotatable bonds is 3. The standard InChI is InChI=1S/C9H14BNO4/c1-6(2)10(14)15-9(13)7-4-11(3)5-8(7)12/h7,14H,1,4-5H2,2-3H3. The molecule has 1 fully saturated rings. The number of carbonyl (C=O) groups excluding carboxylic acids is 2. The topological polar surface area (TPSA) is 66.8 Å². The molecular formula is C9H14BNO4. The van der Waals surface area contributed by atoms with Gasteiger partial charge in [-0.2, -0.15) is 0 Å². The Labute approximate surface area is 88.8 Å². The maximum atomic E-state index is 11.4. The Kier molecular flexibility index (Phi) is 3.65. The molecule has 1 N–H and O–H groups in total. The van der Waals surface area contributed by atoms with Crippen LogP contribution in [0.2, 0.25) is 0 Å². The highest BCUT2D eigenvalue weighted by Crippen LogP contribution is 2.13. The second-order valence-corrected chi connectivity index (χ2v) is 3.85. The van der Waals surface area contributed by atoms with E-state index in [1.807, 2.05) is 0 Å². The van der Waals surface area contributed by atoms with Gasteiger partial charge in [0, 0.05) is 6.54 Å². The molecule has 0 aliphatic carbocycles. The number of carbonyl (C=O) groups is 2. The number of Topliss-reactive ketones (excluding diaryl/α,β-unsaturated/α-hetero) is 1. The van der Waals surface area contributed by atoms with Crippen molar-refractivity contribution in [2.75, 3.05) is 20.1 Å². The Morgan fingerprint density at radius 2 is 2.33 bits per heavy atom. The third-order valence-corrected chi connectivity index (χ3v) is 2.24. The maximum absolute atomic E-state index is 11.4. The highest BCUT2D eigenvalue weighted by atomic mass is 16.6. The van der Waals surface area contributed by atoms with Crippen LogP contribution in [0.5, 0.6) is 0 Å². The summed E-state index contributed by atoms with van der Waals surface area (Å²) in [6.07, 6.45) is 0. The zero-order valence-corrected chi connectivity index (χ0v) is 8.90. The molecule has 0 saturated carbocycles. The smallest absolute Gasteiger partial charge is 0.505 e. The van der Waals surface area contributed by atoms with Crippen molar-refractivity contribution in [3.05, 3.63) is 12.1 Å². The molecule has 15 heavy (non-hydrogen) atoms. The number of likely N-dealkylation sites (tertiary alicyclic amines) is 1. The fraction of sp³-hybridized carbons (Fsp3) is 0.556. The van der Waals surface area contributed by atoms with E-state index in [1.54, 1.807) is 18.9 Å². The summed E-state index contributed by atoms with van der Waals surface area (Å²) in [6, 6.07) is 0. The molecule has 6 heteroatoms. The Hall–Kier alpha value is -1.14. The van der Waals surface area contributed by atoms with Crippen LogP contribution in [-0.4, -0.2) is 48.9 Å². The fourth-order valence-corrected chi connectivity index (χ4v) is 1.35. The molecule has 0 aromatic heterocycles. The predicted octanol–water partition coefficient (Wildman–Crippen LogP) is -0.744. The second kappa shape index (κ2) is 4.59. The number of hydrogen-bond donors (Lipinski definition) is 1. The van der Waals surface area contributed by atoms with Gasteiger partial charge < -0.3 is 9.68 Å². The van der Waals surface area contributed by atoms with Crippen LogP contribution in [0.1, 0.15) is 6.92 Å². The highest BCUT2D eigenvalue weighted by molar-refractivity contribution is 6.53. The van der Waals surface area contributed by atoms with Crippen LogP contribution in [0.15, 0.2) is 12.1 Å². The molecule has 0 aromatic rings. The zero-order valence-electron chi connectivity index (χ0n) is 8.90. The van der Waals surface area contributed by atoms with Gasteiger partial charge >= 0.3 is 13.1 Å². The molecule has 0 bridgehead atoms. The van der Waals surface area contributed by atoms with Crippen LogP contribution in [0.4, 0.5) is 0 Å². The molecule has 1 saturated heterocycles. The first-order valence-corrected chi connectivity index (χ1v) is 4.67. The predicted molar refractivity (Wildman–Crippen MR) is 54.9 cm³/mol. The van der Waals surface area contributed by atoms with Gasteiger partial charge in [-0.15, -0.1) is 6.58 Å². The van der Waals surface area contributed by atoms with Gasteiger partial charge in [-0.1, -0.05) is 0 Å². The summed E-state index contributed by atoms with van der Waals surface area (Å²) in [5.74, 6) is -1.62. The van der Waals surface area contributed by atoms with Crippen molar-refractivity contribution in [1.82, 2.24) is 4.90 Å². The van der Waals surface area contributed by atoms with E-state index >= 15 is 0 Å². The summed E-state index contributed by atoms with van der Waals surface area (Å²) in [7, 11) is 0.427. The molecule has 1 heterocycles. The third kappa shape index (κ3) is 2.90. The van der Waals surface area contributed by atoms with E-state index in [4.69, 9.17) is 0 Å². The molecule has 0 spiro atoms. The largest absolute Gasteiger partial charge is 0.556 e. The first kappa shape index (κ1) is 11.9. The monoisotopic (exact) mass is 211 g/mol. The van der Waals surface area contributed by atoms with Crippen molar-refractivity contribution >= 4 is 18.9 Å². The molecule has 0 radical (unpaired) electrons. The fourth-order valence-electron chi connectivity index (χ4n) is 1.35. The lowest BCUT2D eigenvalue weighted by Gasteiger charge is -2.11.